The lowest BCUT2D eigenvalue weighted by Crippen LogP contribution is -2.00. The number of ether oxygens (including phenoxy) is 1. The summed E-state index contributed by atoms with van der Waals surface area (Å²) in [7, 11) is 0. The lowest BCUT2D eigenvalue weighted by atomic mass is 10.2. The molecule has 0 aliphatic carbocycles. The molecule has 5 heteroatoms. The fourth-order valence-electron chi connectivity index (χ4n) is 1.98. The second-order valence-corrected chi connectivity index (χ2v) is 5.59. The minimum absolute atomic E-state index is 0.384. The van der Waals surface area contributed by atoms with Crippen LogP contribution in [-0.4, -0.2) is 4.98 Å². The number of hydrogen-bond donors (Lipinski definition) is 1. The van der Waals surface area contributed by atoms with Crippen LogP contribution in [0.1, 0.15) is 17.0 Å². The molecular formula is C16H16N2O2S. The first kappa shape index (κ1) is 13.9. The van der Waals surface area contributed by atoms with Crippen molar-refractivity contribution < 1.29 is 9.15 Å². The molecule has 2 N–H and O–H groups in total. The van der Waals surface area contributed by atoms with Gasteiger partial charge in [0.2, 0.25) is 5.89 Å². The molecule has 108 valence electrons. The van der Waals surface area contributed by atoms with Gasteiger partial charge in [-0.1, -0.05) is 18.2 Å². The van der Waals surface area contributed by atoms with Gasteiger partial charge in [-0.05, 0) is 36.1 Å². The van der Waals surface area contributed by atoms with Gasteiger partial charge < -0.3 is 14.9 Å². The van der Waals surface area contributed by atoms with Crippen LogP contribution < -0.4 is 10.5 Å². The van der Waals surface area contributed by atoms with Crippen LogP contribution in [0.4, 0.5) is 0 Å². The highest BCUT2D eigenvalue weighted by molar-refractivity contribution is 7.13. The van der Waals surface area contributed by atoms with Gasteiger partial charge in [-0.3, -0.25) is 0 Å². The van der Waals surface area contributed by atoms with Crippen LogP contribution in [0.2, 0.25) is 0 Å². The molecule has 0 bridgehead atoms. The second-order valence-electron chi connectivity index (χ2n) is 4.64. The summed E-state index contributed by atoms with van der Waals surface area (Å²) in [6.45, 7) is 2.79. The predicted molar refractivity (Wildman–Crippen MR) is 83.2 cm³/mol. The van der Waals surface area contributed by atoms with Crippen molar-refractivity contribution in [1.29, 1.82) is 0 Å². The maximum atomic E-state index is 5.77. The Labute approximate surface area is 127 Å². The predicted octanol–water partition coefficient (Wildman–Crippen LogP) is 3.75. The maximum Gasteiger partial charge on any atom is 0.236 e. The fourth-order valence-corrected chi connectivity index (χ4v) is 2.63. The van der Waals surface area contributed by atoms with Crippen LogP contribution in [0.15, 0.2) is 46.2 Å². The molecule has 4 nitrogen and oxygen atoms in total. The van der Waals surface area contributed by atoms with Crippen LogP contribution in [-0.2, 0) is 13.2 Å². The van der Waals surface area contributed by atoms with Crippen LogP contribution >= 0.6 is 11.3 Å². The Balaban J connectivity index is 1.73. The molecule has 0 fully saturated rings. The van der Waals surface area contributed by atoms with E-state index in [1.54, 1.807) is 11.3 Å². The number of nitrogens with two attached hydrogens (primary N) is 1. The topological polar surface area (TPSA) is 61.3 Å². The first-order valence-corrected chi connectivity index (χ1v) is 7.56. The van der Waals surface area contributed by atoms with E-state index in [-0.39, 0.29) is 0 Å². The summed E-state index contributed by atoms with van der Waals surface area (Å²) in [4.78, 5) is 5.53. The third-order valence-corrected chi connectivity index (χ3v) is 3.99. The zero-order chi connectivity index (χ0) is 14.7. The van der Waals surface area contributed by atoms with Gasteiger partial charge in [-0.2, -0.15) is 0 Å². The molecule has 0 spiro atoms. The van der Waals surface area contributed by atoms with E-state index in [1.165, 1.54) is 0 Å². The average Bonchev–Trinajstić information content (AvgIpc) is 3.15. The molecule has 3 rings (SSSR count). The molecule has 21 heavy (non-hydrogen) atoms. The average molecular weight is 300 g/mol. The number of oxazole rings is 1. The third kappa shape index (κ3) is 3.15. The van der Waals surface area contributed by atoms with Crippen molar-refractivity contribution in [2.75, 3.05) is 0 Å². The molecule has 0 unspecified atom stereocenters. The van der Waals surface area contributed by atoms with Crippen molar-refractivity contribution in [2.24, 2.45) is 5.73 Å². The zero-order valence-corrected chi connectivity index (χ0v) is 12.5. The van der Waals surface area contributed by atoms with Gasteiger partial charge in [-0.15, -0.1) is 11.3 Å². The SMILES string of the molecule is Cc1oc(-c2cccs2)nc1COc1cccc(CN)c1. The molecule has 2 aromatic heterocycles. The molecule has 1 aromatic carbocycles. The number of rotatable bonds is 5. The normalized spacial score (nSPS) is 10.8. The minimum Gasteiger partial charge on any atom is -0.487 e. The Morgan fingerprint density at radius 3 is 2.95 bits per heavy atom. The van der Waals surface area contributed by atoms with Crippen LogP contribution in [0.25, 0.3) is 10.8 Å². The van der Waals surface area contributed by atoms with Gasteiger partial charge in [0.1, 0.15) is 23.8 Å². The van der Waals surface area contributed by atoms with E-state index in [1.807, 2.05) is 48.7 Å². The van der Waals surface area contributed by atoms with E-state index in [0.717, 1.165) is 27.6 Å². The number of nitrogens with zero attached hydrogens (tertiary/aromatic N) is 1. The van der Waals surface area contributed by atoms with E-state index in [2.05, 4.69) is 4.98 Å². The molecule has 0 radical (unpaired) electrons. The monoisotopic (exact) mass is 300 g/mol. The summed E-state index contributed by atoms with van der Waals surface area (Å²) in [6, 6.07) is 11.7. The highest BCUT2D eigenvalue weighted by Gasteiger charge is 2.12. The van der Waals surface area contributed by atoms with Crippen LogP contribution in [0.5, 0.6) is 5.75 Å². The number of hydrogen-bond acceptors (Lipinski definition) is 5. The van der Waals surface area contributed by atoms with Crippen molar-refractivity contribution in [3.63, 3.8) is 0 Å². The number of benzene rings is 1. The smallest absolute Gasteiger partial charge is 0.236 e. The van der Waals surface area contributed by atoms with Gasteiger partial charge in [0.15, 0.2) is 0 Å². The summed E-state index contributed by atoms with van der Waals surface area (Å²) >= 11 is 1.61. The van der Waals surface area contributed by atoms with E-state index < -0.39 is 0 Å². The lowest BCUT2D eigenvalue weighted by Gasteiger charge is -2.05. The van der Waals surface area contributed by atoms with Crippen LogP contribution in [0, 0.1) is 6.92 Å². The Bertz CT molecular complexity index is 720. The molecule has 0 aliphatic rings. The van der Waals surface area contributed by atoms with Gasteiger partial charge in [-0.25, -0.2) is 4.98 Å². The van der Waals surface area contributed by atoms with Gasteiger partial charge in [0.05, 0.1) is 4.88 Å². The first-order valence-electron chi connectivity index (χ1n) is 6.68. The summed E-state index contributed by atoms with van der Waals surface area (Å²) in [5.74, 6) is 2.23. The fraction of sp³-hybridized carbons (Fsp3) is 0.188. The van der Waals surface area contributed by atoms with Crippen LogP contribution in [0.3, 0.4) is 0 Å². The lowest BCUT2D eigenvalue weighted by molar-refractivity contribution is 0.299. The molecule has 0 aliphatic heterocycles. The second kappa shape index (κ2) is 6.11. The molecule has 0 saturated heterocycles. The largest absolute Gasteiger partial charge is 0.487 e. The van der Waals surface area contributed by atoms with Gasteiger partial charge in [0.25, 0.3) is 0 Å². The summed E-state index contributed by atoms with van der Waals surface area (Å²) in [6.07, 6.45) is 0. The zero-order valence-electron chi connectivity index (χ0n) is 11.7. The molecule has 0 amide bonds. The van der Waals surface area contributed by atoms with E-state index in [9.17, 15) is 0 Å². The Morgan fingerprint density at radius 2 is 2.19 bits per heavy atom. The van der Waals surface area contributed by atoms with E-state index in [0.29, 0.717) is 19.0 Å². The quantitative estimate of drug-likeness (QED) is 0.779. The highest BCUT2D eigenvalue weighted by atomic mass is 32.1. The molecular weight excluding hydrogens is 284 g/mol. The van der Waals surface area contributed by atoms with Crippen molar-refractivity contribution in [3.05, 3.63) is 58.8 Å². The number of aromatic nitrogens is 1. The molecule has 3 aromatic rings. The van der Waals surface area contributed by atoms with Crippen molar-refractivity contribution >= 4 is 11.3 Å². The molecule has 2 heterocycles. The molecule has 0 atom stereocenters. The van der Waals surface area contributed by atoms with Crippen molar-refractivity contribution in [1.82, 2.24) is 4.98 Å². The minimum atomic E-state index is 0.384. The summed E-state index contributed by atoms with van der Waals surface area (Å²) < 4.78 is 11.5. The molecule has 0 saturated carbocycles. The summed E-state index contributed by atoms with van der Waals surface area (Å²) in [5.41, 5.74) is 7.49. The summed E-state index contributed by atoms with van der Waals surface area (Å²) in [5, 5.41) is 2.00. The van der Waals surface area contributed by atoms with Crippen molar-refractivity contribution in [2.45, 2.75) is 20.1 Å². The Morgan fingerprint density at radius 1 is 1.29 bits per heavy atom. The van der Waals surface area contributed by atoms with Gasteiger partial charge >= 0.3 is 0 Å². The Kier molecular flexibility index (Phi) is 4.03. The number of thiophene rings is 1. The maximum absolute atomic E-state index is 5.77. The standard InChI is InChI=1S/C16H16N2O2S/c1-11-14(18-16(20-11)15-6-3-7-21-15)10-19-13-5-2-4-12(8-13)9-17/h2-8H,9-10,17H2,1H3. The highest BCUT2D eigenvalue weighted by Crippen LogP contribution is 2.26. The van der Waals surface area contributed by atoms with E-state index >= 15 is 0 Å². The Hall–Kier alpha value is -2.11. The van der Waals surface area contributed by atoms with Crippen molar-refractivity contribution in [3.8, 4) is 16.5 Å². The number of aryl methyl sites for hydroxylation is 1. The van der Waals surface area contributed by atoms with Gasteiger partial charge in [0, 0.05) is 6.54 Å². The third-order valence-electron chi connectivity index (χ3n) is 3.13. The van der Waals surface area contributed by atoms with E-state index in [4.69, 9.17) is 14.9 Å². The first-order chi connectivity index (χ1) is 10.3.